The Balaban J connectivity index is 1.62. The molecule has 2 saturated heterocycles. The first kappa shape index (κ1) is 20.5. The Morgan fingerprint density at radius 2 is 1.60 bits per heavy atom. The first-order valence-electron chi connectivity index (χ1n) is 10.00. The highest BCUT2D eigenvalue weighted by molar-refractivity contribution is 5.68. The maximum Gasteiger partial charge on any atom is 0.410 e. The molecule has 2 heterocycles. The van der Waals surface area contributed by atoms with Gasteiger partial charge in [-0.05, 0) is 65.5 Å². The van der Waals surface area contributed by atoms with Crippen LogP contribution in [0.3, 0.4) is 0 Å². The normalized spacial score (nSPS) is 21.5. The van der Waals surface area contributed by atoms with Gasteiger partial charge in [0.05, 0.1) is 0 Å². The Kier molecular flexibility index (Phi) is 7.97. The van der Waals surface area contributed by atoms with Crippen LogP contribution in [0.15, 0.2) is 0 Å². The van der Waals surface area contributed by atoms with Crippen LogP contribution in [0.1, 0.15) is 46.5 Å². The van der Waals surface area contributed by atoms with E-state index in [2.05, 4.69) is 9.80 Å². The number of rotatable bonds is 6. The number of likely N-dealkylation sites (tertiary alicyclic amines) is 1. The minimum atomic E-state index is -0.405. The second-order valence-corrected chi connectivity index (χ2v) is 8.55. The molecule has 0 aromatic rings. The SMILES string of the molecule is CC(C)(C)OC(=O)N1CCC(CN2CCN(CCCCN)CC2)CC1. The molecule has 0 unspecified atom stereocenters. The third-order valence-electron chi connectivity index (χ3n) is 5.18. The summed E-state index contributed by atoms with van der Waals surface area (Å²) in [4.78, 5) is 19.2. The van der Waals surface area contributed by atoms with E-state index in [9.17, 15) is 4.79 Å². The number of amides is 1. The lowest BCUT2D eigenvalue weighted by atomic mass is 9.96. The minimum absolute atomic E-state index is 0.156. The Hall–Kier alpha value is -0.850. The van der Waals surface area contributed by atoms with Gasteiger partial charge < -0.3 is 25.2 Å². The van der Waals surface area contributed by atoms with Gasteiger partial charge in [-0.15, -0.1) is 0 Å². The molecule has 6 nitrogen and oxygen atoms in total. The van der Waals surface area contributed by atoms with E-state index >= 15 is 0 Å². The van der Waals surface area contributed by atoms with Gasteiger partial charge in [-0.1, -0.05) is 0 Å². The van der Waals surface area contributed by atoms with Crippen molar-refractivity contribution in [2.24, 2.45) is 11.7 Å². The van der Waals surface area contributed by atoms with Crippen molar-refractivity contribution >= 4 is 6.09 Å². The van der Waals surface area contributed by atoms with Crippen molar-refractivity contribution in [2.45, 2.75) is 52.1 Å². The molecule has 2 aliphatic heterocycles. The minimum Gasteiger partial charge on any atom is -0.444 e. The standard InChI is InChI=1S/C19H38N4O2/c1-19(2,3)25-18(24)23-10-6-17(7-11-23)16-22-14-12-21(13-15-22)9-5-4-8-20/h17H,4-16,20H2,1-3H3. The highest BCUT2D eigenvalue weighted by Gasteiger charge is 2.28. The predicted octanol–water partition coefficient (Wildman–Crippen LogP) is 1.99. The number of hydrogen-bond donors (Lipinski definition) is 1. The van der Waals surface area contributed by atoms with Crippen LogP contribution in [-0.4, -0.2) is 85.3 Å². The third kappa shape index (κ3) is 7.50. The molecule has 146 valence electrons. The fourth-order valence-electron chi connectivity index (χ4n) is 3.66. The summed E-state index contributed by atoms with van der Waals surface area (Å²) in [6.07, 6.45) is 4.39. The van der Waals surface area contributed by atoms with E-state index in [-0.39, 0.29) is 6.09 Å². The lowest BCUT2D eigenvalue weighted by Crippen LogP contribution is -2.49. The van der Waals surface area contributed by atoms with Gasteiger partial charge in [0, 0.05) is 45.8 Å². The summed E-state index contributed by atoms with van der Waals surface area (Å²) >= 11 is 0. The first-order chi connectivity index (χ1) is 11.9. The number of nitrogens with two attached hydrogens (primary N) is 1. The number of carbonyl (C=O) groups is 1. The number of ether oxygens (including phenoxy) is 1. The topological polar surface area (TPSA) is 62.0 Å². The molecule has 25 heavy (non-hydrogen) atoms. The summed E-state index contributed by atoms with van der Waals surface area (Å²) in [6, 6.07) is 0. The molecular formula is C19H38N4O2. The van der Waals surface area contributed by atoms with E-state index in [4.69, 9.17) is 10.5 Å². The summed E-state index contributed by atoms with van der Waals surface area (Å²) < 4.78 is 5.48. The second kappa shape index (κ2) is 9.74. The van der Waals surface area contributed by atoms with Gasteiger partial charge in [0.1, 0.15) is 5.60 Å². The Morgan fingerprint density at radius 3 is 2.16 bits per heavy atom. The third-order valence-corrected chi connectivity index (χ3v) is 5.18. The monoisotopic (exact) mass is 354 g/mol. The van der Waals surface area contributed by atoms with Crippen LogP contribution in [0, 0.1) is 5.92 Å². The van der Waals surface area contributed by atoms with Gasteiger partial charge in [-0.25, -0.2) is 4.79 Å². The average Bonchev–Trinajstić information content (AvgIpc) is 2.56. The molecule has 1 amide bonds. The lowest BCUT2D eigenvalue weighted by molar-refractivity contribution is 0.0159. The van der Waals surface area contributed by atoms with Crippen molar-refractivity contribution in [1.29, 1.82) is 0 Å². The molecule has 6 heteroatoms. The molecule has 0 bridgehead atoms. The van der Waals surface area contributed by atoms with E-state index in [1.165, 1.54) is 45.7 Å². The smallest absolute Gasteiger partial charge is 0.410 e. The fraction of sp³-hybridized carbons (Fsp3) is 0.947. The summed E-state index contributed by atoms with van der Waals surface area (Å²) in [6.45, 7) is 15.3. The van der Waals surface area contributed by atoms with Crippen molar-refractivity contribution in [2.75, 3.05) is 58.9 Å². The number of unbranched alkanes of at least 4 members (excludes halogenated alkanes) is 1. The Morgan fingerprint density at radius 1 is 1.00 bits per heavy atom. The number of piperidine rings is 1. The predicted molar refractivity (Wildman–Crippen MR) is 102 cm³/mol. The molecule has 2 rings (SSSR count). The van der Waals surface area contributed by atoms with Gasteiger partial charge in [0.15, 0.2) is 0 Å². The van der Waals surface area contributed by atoms with E-state index in [1.807, 2.05) is 25.7 Å². The van der Waals surface area contributed by atoms with Crippen LogP contribution in [0.4, 0.5) is 4.79 Å². The molecule has 0 radical (unpaired) electrons. The Labute approximate surface area is 153 Å². The fourth-order valence-corrected chi connectivity index (χ4v) is 3.66. The summed E-state index contributed by atoms with van der Waals surface area (Å²) in [5.74, 6) is 0.711. The largest absolute Gasteiger partial charge is 0.444 e. The van der Waals surface area contributed by atoms with Crippen molar-refractivity contribution in [1.82, 2.24) is 14.7 Å². The van der Waals surface area contributed by atoms with Crippen molar-refractivity contribution < 1.29 is 9.53 Å². The molecule has 2 N–H and O–H groups in total. The van der Waals surface area contributed by atoms with Crippen LogP contribution < -0.4 is 5.73 Å². The zero-order chi connectivity index (χ0) is 18.3. The second-order valence-electron chi connectivity index (χ2n) is 8.55. The lowest BCUT2D eigenvalue weighted by Gasteiger charge is -2.39. The zero-order valence-corrected chi connectivity index (χ0v) is 16.5. The number of piperazine rings is 1. The summed E-state index contributed by atoms with van der Waals surface area (Å²) in [5.41, 5.74) is 5.16. The van der Waals surface area contributed by atoms with E-state index in [0.717, 1.165) is 38.9 Å². The summed E-state index contributed by atoms with van der Waals surface area (Å²) in [7, 11) is 0. The molecule has 2 aliphatic rings. The molecule has 0 saturated carbocycles. The number of hydrogen-bond acceptors (Lipinski definition) is 5. The average molecular weight is 355 g/mol. The molecular weight excluding hydrogens is 316 g/mol. The van der Waals surface area contributed by atoms with Crippen molar-refractivity contribution in [3.63, 3.8) is 0 Å². The van der Waals surface area contributed by atoms with Crippen LogP contribution in [0.25, 0.3) is 0 Å². The number of carbonyl (C=O) groups excluding carboxylic acids is 1. The van der Waals surface area contributed by atoms with Gasteiger partial charge in [0.2, 0.25) is 0 Å². The van der Waals surface area contributed by atoms with Gasteiger partial charge in [0.25, 0.3) is 0 Å². The maximum atomic E-state index is 12.1. The highest BCUT2D eigenvalue weighted by atomic mass is 16.6. The highest BCUT2D eigenvalue weighted by Crippen LogP contribution is 2.21. The van der Waals surface area contributed by atoms with E-state index < -0.39 is 5.60 Å². The zero-order valence-electron chi connectivity index (χ0n) is 16.5. The van der Waals surface area contributed by atoms with Crippen LogP contribution in [0.5, 0.6) is 0 Å². The van der Waals surface area contributed by atoms with E-state index in [0.29, 0.717) is 5.92 Å². The van der Waals surface area contributed by atoms with E-state index in [1.54, 1.807) is 0 Å². The molecule has 0 atom stereocenters. The molecule has 0 aromatic heterocycles. The van der Waals surface area contributed by atoms with Crippen LogP contribution >= 0.6 is 0 Å². The molecule has 0 aliphatic carbocycles. The number of nitrogens with zero attached hydrogens (tertiary/aromatic N) is 3. The van der Waals surface area contributed by atoms with Crippen molar-refractivity contribution in [3.8, 4) is 0 Å². The van der Waals surface area contributed by atoms with Gasteiger partial charge in [-0.3, -0.25) is 0 Å². The molecule has 0 spiro atoms. The quantitative estimate of drug-likeness (QED) is 0.739. The van der Waals surface area contributed by atoms with Gasteiger partial charge >= 0.3 is 6.09 Å². The first-order valence-corrected chi connectivity index (χ1v) is 10.00. The maximum absolute atomic E-state index is 12.1. The molecule has 0 aromatic carbocycles. The summed E-state index contributed by atoms with van der Waals surface area (Å²) in [5, 5.41) is 0. The van der Waals surface area contributed by atoms with Gasteiger partial charge in [-0.2, -0.15) is 0 Å². The Bertz CT molecular complexity index is 395. The van der Waals surface area contributed by atoms with Crippen LogP contribution in [0.2, 0.25) is 0 Å². The van der Waals surface area contributed by atoms with Crippen molar-refractivity contribution in [3.05, 3.63) is 0 Å². The molecule has 2 fully saturated rings. The van der Waals surface area contributed by atoms with Crippen LogP contribution in [-0.2, 0) is 4.74 Å².